The first-order valence-electron chi connectivity index (χ1n) is 8.02. The van der Waals surface area contributed by atoms with E-state index in [2.05, 4.69) is 34.6 Å². The summed E-state index contributed by atoms with van der Waals surface area (Å²) in [7, 11) is 0. The van der Waals surface area contributed by atoms with E-state index in [1.165, 1.54) is 44.9 Å². The molecule has 5 atom stereocenters. The van der Waals surface area contributed by atoms with Gasteiger partial charge in [-0.05, 0) is 48.9 Å². The van der Waals surface area contributed by atoms with Gasteiger partial charge in [0.2, 0.25) is 0 Å². The van der Waals surface area contributed by atoms with Gasteiger partial charge in [-0.25, -0.2) is 0 Å². The molecule has 5 unspecified atom stereocenters. The Kier molecular flexibility index (Phi) is 6.59. The third-order valence-electron chi connectivity index (χ3n) is 5.17. The van der Waals surface area contributed by atoms with Crippen molar-refractivity contribution in [3.8, 4) is 0 Å². The SMILES string of the molecule is CCC(C)C(C)CC1CCCC(C)CC(C)C1. The standard InChI is InChI=1S/C17H34/c1-6-15(4)16(5)12-17-9-7-8-13(2)10-14(3)11-17/h13-17H,6-12H2,1-5H3. The van der Waals surface area contributed by atoms with E-state index in [4.69, 9.17) is 0 Å². The van der Waals surface area contributed by atoms with Crippen molar-refractivity contribution in [2.24, 2.45) is 29.6 Å². The Morgan fingerprint density at radius 1 is 0.941 bits per heavy atom. The van der Waals surface area contributed by atoms with Crippen LogP contribution in [0.15, 0.2) is 0 Å². The molecule has 0 aliphatic heterocycles. The second-order valence-electron chi connectivity index (χ2n) is 7.08. The zero-order valence-corrected chi connectivity index (χ0v) is 12.8. The van der Waals surface area contributed by atoms with Crippen molar-refractivity contribution in [2.75, 3.05) is 0 Å². The van der Waals surface area contributed by atoms with Crippen LogP contribution in [0, 0.1) is 29.6 Å². The van der Waals surface area contributed by atoms with E-state index >= 15 is 0 Å². The van der Waals surface area contributed by atoms with Crippen LogP contribution in [0.25, 0.3) is 0 Å². The van der Waals surface area contributed by atoms with E-state index in [0.29, 0.717) is 0 Å². The van der Waals surface area contributed by atoms with Gasteiger partial charge in [-0.1, -0.05) is 60.3 Å². The topological polar surface area (TPSA) is 0 Å². The molecule has 17 heavy (non-hydrogen) atoms. The summed E-state index contributed by atoms with van der Waals surface area (Å²) >= 11 is 0. The van der Waals surface area contributed by atoms with Crippen LogP contribution in [0.3, 0.4) is 0 Å². The van der Waals surface area contributed by atoms with Gasteiger partial charge in [0, 0.05) is 0 Å². The van der Waals surface area contributed by atoms with Crippen molar-refractivity contribution in [3.63, 3.8) is 0 Å². The lowest BCUT2D eigenvalue weighted by Crippen LogP contribution is -2.18. The molecule has 1 rings (SSSR count). The molecule has 1 fully saturated rings. The molecule has 0 aromatic heterocycles. The zero-order chi connectivity index (χ0) is 12.8. The third kappa shape index (κ3) is 5.44. The van der Waals surface area contributed by atoms with Crippen LogP contribution in [-0.2, 0) is 0 Å². The van der Waals surface area contributed by atoms with Crippen LogP contribution in [0.5, 0.6) is 0 Å². The fourth-order valence-corrected chi connectivity index (χ4v) is 3.72. The molecule has 0 saturated heterocycles. The molecule has 0 amide bonds. The lowest BCUT2D eigenvalue weighted by molar-refractivity contribution is 0.215. The van der Waals surface area contributed by atoms with Crippen molar-refractivity contribution in [1.29, 1.82) is 0 Å². The van der Waals surface area contributed by atoms with Crippen molar-refractivity contribution in [2.45, 2.75) is 79.6 Å². The first-order valence-corrected chi connectivity index (χ1v) is 8.02. The fourth-order valence-electron chi connectivity index (χ4n) is 3.72. The predicted molar refractivity (Wildman–Crippen MR) is 78.1 cm³/mol. The fraction of sp³-hybridized carbons (Fsp3) is 1.00. The van der Waals surface area contributed by atoms with E-state index in [0.717, 1.165) is 29.6 Å². The summed E-state index contributed by atoms with van der Waals surface area (Å²) in [6.45, 7) is 12.2. The molecule has 0 heterocycles. The molecular formula is C17H34. The molecule has 0 spiro atoms. The van der Waals surface area contributed by atoms with Gasteiger partial charge in [0.25, 0.3) is 0 Å². The summed E-state index contributed by atoms with van der Waals surface area (Å²) in [5.41, 5.74) is 0. The highest BCUT2D eigenvalue weighted by atomic mass is 14.3. The van der Waals surface area contributed by atoms with Gasteiger partial charge < -0.3 is 0 Å². The number of rotatable bonds is 4. The second-order valence-corrected chi connectivity index (χ2v) is 7.08. The van der Waals surface area contributed by atoms with E-state index in [9.17, 15) is 0 Å². The Labute approximate surface area is 110 Å². The predicted octanol–water partition coefficient (Wildman–Crippen LogP) is 5.91. The van der Waals surface area contributed by atoms with Gasteiger partial charge in [-0.2, -0.15) is 0 Å². The van der Waals surface area contributed by atoms with Crippen molar-refractivity contribution in [1.82, 2.24) is 0 Å². The van der Waals surface area contributed by atoms with Gasteiger partial charge in [0.15, 0.2) is 0 Å². The summed E-state index contributed by atoms with van der Waals surface area (Å²) in [5, 5.41) is 0. The van der Waals surface area contributed by atoms with Gasteiger partial charge >= 0.3 is 0 Å². The molecule has 1 aliphatic carbocycles. The average Bonchev–Trinajstić information content (AvgIpc) is 2.25. The molecular weight excluding hydrogens is 204 g/mol. The number of hydrogen-bond donors (Lipinski definition) is 0. The Hall–Kier alpha value is 0. The molecule has 0 bridgehead atoms. The maximum Gasteiger partial charge on any atom is -0.0409 e. The first kappa shape index (κ1) is 15.1. The smallest absolute Gasteiger partial charge is 0.0409 e. The molecule has 1 saturated carbocycles. The highest BCUT2D eigenvalue weighted by Gasteiger charge is 2.22. The summed E-state index contributed by atoms with van der Waals surface area (Å²) in [4.78, 5) is 0. The van der Waals surface area contributed by atoms with Crippen molar-refractivity contribution in [3.05, 3.63) is 0 Å². The maximum absolute atomic E-state index is 2.47. The highest BCUT2D eigenvalue weighted by Crippen LogP contribution is 2.34. The van der Waals surface area contributed by atoms with Crippen LogP contribution in [-0.4, -0.2) is 0 Å². The Bertz CT molecular complexity index is 196. The van der Waals surface area contributed by atoms with Gasteiger partial charge in [0.05, 0.1) is 0 Å². The Balaban J connectivity index is 2.41. The minimum absolute atomic E-state index is 0.912. The van der Waals surface area contributed by atoms with Crippen molar-refractivity contribution >= 4 is 0 Å². The highest BCUT2D eigenvalue weighted by molar-refractivity contribution is 4.74. The largest absolute Gasteiger partial charge is 0.0651 e. The lowest BCUT2D eigenvalue weighted by atomic mass is 9.76. The molecule has 0 nitrogen and oxygen atoms in total. The van der Waals surface area contributed by atoms with E-state index in [-0.39, 0.29) is 0 Å². The Morgan fingerprint density at radius 2 is 1.65 bits per heavy atom. The summed E-state index contributed by atoms with van der Waals surface area (Å²) in [5.74, 6) is 4.78. The molecule has 0 N–H and O–H groups in total. The van der Waals surface area contributed by atoms with Gasteiger partial charge in [0.1, 0.15) is 0 Å². The molecule has 0 radical (unpaired) electrons. The van der Waals surface area contributed by atoms with Crippen LogP contribution in [0.1, 0.15) is 79.6 Å². The minimum atomic E-state index is 0.912. The molecule has 102 valence electrons. The van der Waals surface area contributed by atoms with Gasteiger partial charge in [-0.3, -0.25) is 0 Å². The lowest BCUT2D eigenvalue weighted by Gasteiger charge is -2.30. The quantitative estimate of drug-likeness (QED) is 0.571. The summed E-state index contributed by atoms with van der Waals surface area (Å²) < 4.78 is 0. The van der Waals surface area contributed by atoms with E-state index in [1.807, 2.05) is 0 Å². The molecule has 0 aromatic rings. The van der Waals surface area contributed by atoms with Crippen LogP contribution in [0.2, 0.25) is 0 Å². The molecule has 0 heteroatoms. The summed E-state index contributed by atoms with van der Waals surface area (Å²) in [6.07, 6.45) is 10.2. The second kappa shape index (κ2) is 7.44. The molecule has 0 aromatic carbocycles. The van der Waals surface area contributed by atoms with Crippen LogP contribution < -0.4 is 0 Å². The normalized spacial score (nSPS) is 34.8. The van der Waals surface area contributed by atoms with E-state index < -0.39 is 0 Å². The number of hydrogen-bond acceptors (Lipinski definition) is 0. The van der Waals surface area contributed by atoms with Crippen molar-refractivity contribution < 1.29 is 0 Å². The Morgan fingerprint density at radius 3 is 2.29 bits per heavy atom. The monoisotopic (exact) mass is 238 g/mol. The first-order chi connectivity index (χ1) is 8.02. The average molecular weight is 238 g/mol. The maximum atomic E-state index is 2.47. The van der Waals surface area contributed by atoms with E-state index in [1.54, 1.807) is 0 Å². The third-order valence-corrected chi connectivity index (χ3v) is 5.17. The van der Waals surface area contributed by atoms with Crippen LogP contribution in [0.4, 0.5) is 0 Å². The zero-order valence-electron chi connectivity index (χ0n) is 12.8. The molecule has 1 aliphatic rings. The van der Waals surface area contributed by atoms with Crippen LogP contribution >= 0.6 is 0 Å². The minimum Gasteiger partial charge on any atom is -0.0651 e. The summed E-state index contributed by atoms with van der Waals surface area (Å²) in [6, 6.07) is 0. The van der Waals surface area contributed by atoms with Gasteiger partial charge in [-0.15, -0.1) is 0 Å².